The molecule has 29 heteroatoms. The number of fused-ring (bicyclic) bond motifs is 5. The van der Waals surface area contributed by atoms with Crippen molar-refractivity contribution in [2.45, 2.75) is 186 Å². The second-order valence-corrected chi connectivity index (χ2v) is 25.9. The van der Waals surface area contributed by atoms with Gasteiger partial charge in [-0.1, -0.05) is 81.7 Å². The highest BCUT2D eigenvalue weighted by Crippen LogP contribution is 2.49. The Bertz CT molecular complexity index is 3170. The second-order valence-electron chi connectivity index (χ2n) is 25.5. The van der Waals surface area contributed by atoms with Crippen LogP contribution in [-0.2, 0) is 75.1 Å². The number of likely N-dealkylation sites (tertiary alicyclic amines) is 1. The van der Waals surface area contributed by atoms with Gasteiger partial charge in [-0.3, -0.25) is 38.5 Å². The van der Waals surface area contributed by atoms with Gasteiger partial charge in [0.05, 0.1) is 31.4 Å². The third-order valence-corrected chi connectivity index (χ3v) is 18.2. The molecule has 9 N–H and O–H groups in total. The smallest absolute Gasteiger partial charge is 0.409 e. The van der Waals surface area contributed by atoms with Crippen LogP contribution in [0.5, 0.6) is 5.75 Å². The first kappa shape index (κ1) is 76.3. The molecule has 95 heavy (non-hydrogen) atoms. The quantitative estimate of drug-likeness (QED) is 0.0282. The number of aliphatic hydroxyl groups is 2. The third-order valence-electron chi connectivity index (χ3n) is 17.8. The van der Waals surface area contributed by atoms with E-state index in [-0.39, 0.29) is 99.3 Å². The molecule has 4 aliphatic heterocycles. The number of urea groups is 1. The van der Waals surface area contributed by atoms with Crippen LogP contribution in [0.25, 0.3) is 0 Å². The van der Waals surface area contributed by atoms with Crippen LogP contribution < -0.4 is 42.0 Å². The minimum atomic E-state index is -1.81. The number of carbonyl (C=O) groups is 10. The van der Waals surface area contributed by atoms with Crippen LogP contribution in [0.15, 0.2) is 60.2 Å². The van der Waals surface area contributed by atoms with E-state index in [1.54, 1.807) is 83.2 Å². The molecule has 2 aromatic rings. The molecule has 3 saturated heterocycles. The number of epoxide rings is 1. The van der Waals surface area contributed by atoms with E-state index in [9.17, 15) is 58.2 Å². The van der Waals surface area contributed by atoms with Gasteiger partial charge in [0.25, 0.3) is 0 Å². The van der Waals surface area contributed by atoms with Gasteiger partial charge >= 0.3 is 18.1 Å². The Balaban J connectivity index is 1.03. The van der Waals surface area contributed by atoms with Crippen molar-refractivity contribution in [3.63, 3.8) is 0 Å². The number of nitrogens with zero attached hydrogens (tertiary/aromatic N) is 4. The summed E-state index contributed by atoms with van der Waals surface area (Å²) in [6, 6.07) is 5.78. The maximum Gasteiger partial charge on any atom is 0.409 e. The average Bonchev–Trinajstić information content (AvgIpc) is 1.58. The molecule has 3 fully saturated rings. The molecule has 2 aromatic carbocycles. The van der Waals surface area contributed by atoms with Gasteiger partial charge in [0.1, 0.15) is 53.3 Å². The molecule has 4 heterocycles. The monoisotopic (exact) mass is 1350 g/mol. The SMILES string of the molecule is COc1cc2cc(c1Cl)N(C)C(=O)C[C@H](OC(=O)[C@H](C)N(C)C(=O)CCN(C)C(=O)OCc1ccc(NC(=O)[C@H](CCCNC(N)=O)NC(=O)[C@@H](NC(=O)CCCCCN3C(=O)CC(C)C3=O)C(C)C)cc1)[C@]1(C)O[C@H]1[C@H](C)[C@@H]1C[C@@](O)(NC(O)O1)[C@H](OC)/C=C/C=C(\C)C2. The summed E-state index contributed by atoms with van der Waals surface area (Å²) in [4.78, 5) is 137. The zero-order chi connectivity index (χ0) is 70.2. The molecule has 4 aliphatic rings. The fourth-order valence-electron chi connectivity index (χ4n) is 11.7. The molecule has 2 unspecified atom stereocenters. The van der Waals surface area contributed by atoms with Crippen molar-refractivity contribution in [1.29, 1.82) is 0 Å². The number of aliphatic hydroxyl groups excluding tert-OH is 1. The number of esters is 1. The van der Waals surface area contributed by atoms with Crippen LogP contribution >= 0.6 is 11.6 Å². The Morgan fingerprint density at radius 2 is 1.64 bits per heavy atom. The van der Waals surface area contributed by atoms with Crippen LogP contribution in [-0.4, -0.2) is 200 Å². The maximum atomic E-state index is 14.5. The summed E-state index contributed by atoms with van der Waals surface area (Å²) in [5.41, 5.74) is 4.93. The Morgan fingerprint density at radius 3 is 2.28 bits per heavy atom. The van der Waals surface area contributed by atoms with Gasteiger partial charge in [0.15, 0.2) is 5.72 Å². The molecular formula is C66H95ClN10O18. The Hall–Kier alpha value is -7.73. The van der Waals surface area contributed by atoms with Crippen molar-refractivity contribution >= 4 is 82.4 Å². The van der Waals surface area contributed by atoms with Crippen LogP contribution in [0.2, 0.25) is 5.02 Å². The highest BCUT2D eigenvalue weighted by molar-refractivity contribution is 6.35. The van der Waals surface area contributed by atoms with Crippen molar-refractivity contribution in [1.82, 2.24) is 36.0 Å². The lowest BCUT2D eigenvalue weighted by atomic mass is 9.83. The molecule has 12 atom stereocenters. The number of primary amides is 1. The lowest BCUT2D eigenvalue weighted by Crippen LogP contribution is -2.65. The summed E-state index contributed by atoms with van der Waals surface area (Å²) >= 11 is 6.85. The summed E-state index contributed by atoms with van der Waals surface area (Å²) in [6.45, 7) is 12.1. The lowest BCUT2D eigenvalue weighted by Gasteiger charge is -2.44. The summed E-state index contributed by atoms with van der Waals surface area (Å²) in [7, 11) is 7.25. The summed E-state index contributed by atoms with van der Waals surface area (Å²) in [5, 5.41) is 36.5. The van der Waals surface area contributed by atoms with E-state index in [0.717, 1.165) is 16.0 Å². The number of allylic oxidation sites excluding steroid dienone is 3. The Morgan fingerprint density at radius 1 is 0.937 bits per heavy atom. The highest BCUT2D eigenvalue weighted by atomic mass is 35.5. The molecule has 524 valence electrons. The molecule has 0 aromatic heterocycles. The number of imide groups is 1. The standard InChI is InChI=1S/C66H95ClN10O18/c1-37(2)56(72-51(78)21-14-13-15-28-77-54(81)31-39(4)60(77)84)59(83)71-45(19-17-27-69-62(68)86)58(82)70-44-24-22-42(23-25-44)36-92-64(88)74(8)29-26-52(79)75(9)41(6)61(85)94-50-34-53(80)76(10)46-32-43(33-47(90-11)55(46)67)30-38(3)18-16-20-49(91-12)66(89)35-48(93-63(87)73-66)40(5)57-65(50,7)95-57/h16,18,20,22-25,32-33,37,39-41,45,48-50,56-57,63,73,87,89H,13-15,17,19,21,26-31,34-36H2,1-12H3,(H,70,82)(H,71,83)(H,72,78)(H3,68,69,86)/b20-16+,38-18+/t39?,40-,41+,45+,48+,49-,50+,56+,57+,63?,65+,66+/m1/s1. The van der Waals surface area contributed by atoms with E-state index in [1.165, 1.54) is 57.0 Å². The number of carbonyl (C=O) groups excluding carboxylic acids is 10. The zero-order valence-electron chi connectivity index (χ0n) is 56.3. The molecule has 10 amide bonds. The minimum Gasteiger partial charge on any atom is -0.495 e. The van der Waals surface area contributed by atoms with Gasteiger partial charge in [-0.2, -0.15) is 0 Å². The number of methoxy groups -OCH3 is 2. The molecule has 6 rings (SSSR count). The predicted molar refractivity (Wildman–Crippen MR) is 349 cm³/mol. The third kappa shape index (κ3) is 20.6. The van der Waals surface area contributed by atoms with Gasteiger partial charge in [0.2, 0.25) is 47.8 Å². The Kier molecular flexibility index (Phi) is 27.5. The molecule has 0 spiro atoms. The molecule has 0 aliphatic carbocycles. The number of likely N-dealkylation sites (N-methyl/N-ethyl adjacent to an activating group) is 1. The first-order chi connectivity index (χ1) is 44.8. The maximum absolute atomic E-state index is 14.5. The number of unbranched alkanes of at least 4 members (excludes halogenated alkanes) is 2. The molecule has 0 radical (unpaired) electrons. The summed E-state index contributed by atoms with van der Waals surface area (Å²) in [6.07, 6.45) is 0.935. The molecule has 4 bridgehead atoms. The summed E-state index contributed by atoms with van der Waals surface area (Å²) < 4.78 is 35.3. The van der Waals surface area contributed by atoms with Crippen molar-refractivity contribution < 1.29 is 86.6 Å². The number of hydrogen-bond acceptors (Lipinski definition) is 19. The number of anilines is 2. The first-order valence-electron chi connectivity index (χ1n) is 32.0. The largest absolute Gasteiger partial charge is 0.495 e. The van der Waals surface area contributed by atoms with Crippen molar-refractivity contribution in [3.05, 3.63) is 76.3 Å². The number of nitrogens with one attached hydrogen (secondary N) is 5. The second kappa shape index (κ2) is 34.3. The number of benzene rings is 2. The van der Waals surface area contributed by atoms with E-state index in [4.69, 9.17) is 45.8 Å². The fraction of sp³-hybridized carbons (Fsp3) is 0.606. The van der Waals surface area contributed by atoms with Gasteiger partial charge < -0.3 is 80.3 Å². The minimum absolute atomic E-state index is 0.0689. The highest BCUT2D eigenvalue weighted by Gasteiger charge is 2.64. The first-order valence-corrected chi connectivity index (χ1v) is 32.4. The van der Waals surface area contributed by atoms with Gasteiger partial charge in [-0.25, -0.2) is 19.7 Å². The normalized spacial score (nSPS) is 25.6. The van der Waals surface area contributed by atoms with Gasteiger partial charge in [-0.15, -0.1) is 0 Å². The number of ether oxygens (including phenoxy) is 6. The molecule has 28 nitrogen and oxygen atoms in total. The van der Waals surface area contributed by atoms with Gasteiger partial charge in [-0.05, 0) is 94.2 Å². The van der Waals surface area contributed by atoms with Crippen LogP contribution in [0.4, 0.5) is 21.0 Å². The Labute approximate surface area is 559 Å². The van der Waals surface area contributed by atoms with E-state index in [1.807, 2.05) is 13.0 Å². The van der Waals surface area contributed by atoms with Crippen LogP contribution in [0.3, 0.4) is 0 Å². The summed E-state index contributed by atoms with van der Waals surface area (Å²) in [5.74, 6) is -4.85. The van der Waals surface area contributed by atoms with Crippen LogP contribution in [0, 0.1) is 17.8 Å². The van der Waals surface area contributed by atoms with E-state index < -0.39 is 114 Å². The van der Waals surface area contributed by atoms with Gasteiger partial charge in [0, 0.05) is 91.1 Å². The van der Waals surface area contributed by atoms with Crippen molar-refractivity contribution in [2.24, 2.45) is 23.5 Å². The number of amides is 10. The number of rotatable bonds is 26. The van der Waals surface area contributed by atoms with Crippen molar-refractivity contribution in [3.8, 4) is 5.75 Å². The van der Waals surface area contributed by atoms with E-state index in [0.29, 0.717) is 48.4 Å². The average molecular weight is 1350 g/mol. The van der Waals surface area contributed by atoms with E-state index in [2.05, 4.69) is 26.6 Å². The van der Waals surface area contributed by atoms with E-state index >= 15 is 0 Å². The zero-order valence-corrected chi connectivity index (χ0v) is 57.1. The van der Waals surface area contributed by atoms with Crippen LogP contribution in [0.1, 0.15) is 124 Å². The number of nitrogens with two attached hydrogens (primary N) is 1. The number of halogens is 1. The number of hydrogen-bond donors (Lipinski definition) is 8. The fourth-order valence-corrected chi connectivity index (χ4v) is 12.0. The lowest BCUT2D eigenvalue weighted by molar-refractivity contribution is -0.271. The molecular weight excluding hydrogens is 1260 g/mol. The topological polar surface area (TPSA) is 369 Å². The predicted octanol–water partition coefficient (Wildman–Crippen LogP) is 4.30. The van der Waals surface area contributed by atoms with Crippen molar-refractivity contribution in [2.75, 3.05) is 65.2 Å². The molecule has 0 saturated carbocycles.